The molecule has 0 saturated carbocycles. The Hall–Kier alpha value is -4.19. The van der Waals surface area contributed by atoms with E-state index in [4.69, 9.17) is 9.47 Å². The summed E-state index contributed by atoms with van der Waals surface area (Å²) < 4.78 is 11.3. The van der Waals surface area contributed by atoms with Gasteiger partial charge in [-0.3, -0.25) is 4.79 Å². The summed E-state index contributed by atoms with van der Waals surface area (Å²) in [6.45, 7) is 3.65. The van der Waals surface area contributed by atoms with Crippen LogP contribution in [0.3, 0.4) is 0 Å². The average molecular weight is 1290 g/mol. The van der Waals surface area contributed by atoms with Crippen molar-refractivity contribution in [3.8, 4) is 0 Å². The first-order valence-electron chi connectivity index (χ1n) is 38.2. The Balaban J connectivity index is 2.18. The van der Waals surface area contributed by atoms with Gasteiger partial charge in [0.1, 0.15) is 24.4 Å². The van der Waals surface area contributed by atoms with Crippen LogP contribution in [-0.2, 0) is 14.3 Å². The number of rotatable bonds is 65. The van der Waals surface area contributed by atoms with E-state index in [1.165, 1.54) is 148 Å². The second-order valence-corrected chi connectivity index (χ2v) is 25.7. The van der Waals surface area contributed by atoms with Gasteiger partial charge in [0, 0.05) is 6.42 Å². The number of carbonyl (C=O) groups excluding carboxylic acids is 1. The lowest BCUT2D eigenvalue weighted by molar-refractivity contribution is -0.302. The zero-order valence-electron chi connectivity index (χ0n) is 59.5. The topological polar surface area (TPSA) is 149 Å². The standard InChI is InChI=1S/C84H141NO8/c1-3-5-7-9-11-13-15-17-19-21-23-25-27-29-31-33-35-37-38-39-40-42-44-46-48-50-52-54-56-58-60-62-64-66-68-70-72-74-80(88)85-77(76-92-84-83(91)82(90)81(89)79(75-86)93-84)78(87)73-71-69-67-65-63-61-59-57-55-53-51-49-47-45-43-41-36-34-32-30-28-26-24-22-20-18-16-14-12-10-8-6-4-2/h5,7,11,13,17,19,23,25,29,31,35,37,39-40,44,46,50,52,55-58,63,65,71,73,77-79,81-84,86-87,89-91H,3-4,6,8-10,12,14-16,18,20-22,24,26-28,30,32-34,36,38,41-43,45,47-49,51,53-54,59-62,64,66-70,72,74-76H2,1-2H3,(H,85,88)/b7-5-,13-11-,19-17-,25-23-,31-29-,37-35-,40-39-,46-44-,52-50-,57-55+,58-56-,65-63+,73-71+. The maximum absolute atomic E-state index is 13.1. The zero-order valence-corrected chi connectivity index (χ0v) is 59.5. The summed E-state index contributed by atoms with van der Waals surface area (Å²) >= 11 is 0. The minimum Gasteiger partial charge on any atom is -0.394 e. The van der Waals surface area contributed by atoms with Crippen molar-refractivity contribution in [3.05, 3.63) is 158 Å². The van der Waals surface area contributed by atoms with Gasteiger partial charge in [-0.15, -0.1) is 0 Å². The molecule has 0 aromatic carbocycles. The van der Waals surface area contributed by atoms with Crippen molar-refractivity contribution in [2.24, 2.45) is 0 Å². The fraction of sp³-hybridized carbons (Fsp3) is 0.679. The number of hydrogen-bond donors (Lipinski definition) is 6. The van der Waals surface area contributed by atoms with Crippen molar-refractivity contribution in [3.63, 3.8) is 0 Å². The minimum absolute atomic E-state index is 0.209. The van der Waals surface area contributed by atoms with Gasteiger partial charge in [-0.05, 0) is 122 Å². The maximum atomic E-state index is 13.1. The fourth-order valence-corrected chi connectivity index (χ4v) is 11.2. The van der Waals surface area contributed by atoms with Crippen molar-refractivity contribution in [2.75, 3.05) is 13.2 Å². The molecule has 9 nitrogen and oxygen atoms in total. The van der Waals surface area contributed by atoms with Gasteiger partial charge in [-0.2, -0.15) is 0 Å². The summed E-state index contributed by atoms with van der Waals surface area (Å²) in [4.78, 5) is 13.1. The first kappa shape index (κ1) is 86.8. The molecule has 0 bridgehead atoms. The lowest BCUT2D eigenvalue weighted by Gasteiger charge is -2.40. The smallest absolute Gasteiger partial charge is 0.220 e. The molecule has 1 fully saturated rings. The number of allylic oxidation sites excluding steroid dienone is 25. The monoisotopic (exact) mass is 1290 g/mol. The number of aliphatic hydroxyl groups is 5. The second kappa shape index (κ2) is 70.6. The summed E-state index contributed by atoms with van der Waals surface area (Å²) in [5.74, 6) is -0.209. The van der Waals surface area contributed by atoms with Gasteiger partial charge < -0.3 is 40.3 Å². The fourth-order valence-electron chi connectivity index (χ4n) is 11.2. The molecule has 93 heavy (non-hydrogen) atoms. The van der Waals surface area contributed by atoms with Gasteiger partial charge in [0.2, 0.25) is 5.91 Å². The molecule has 1 heterocycles. The third-order valence-corrected chi connectivity index (χ3v) is 17.1. The Morgan fingerprint density at radius 1 is 0.376 bits per heavy atom. The van der Waals surface area contributed by atoms with Gasteiger partial charge in [0.15, 0.2) is 6.29 Å². The van der Waals surface area contributed by atoms with Crippen molar-refractivity contribution in [2.45, 2.75) is 352 Å². The third kappa shape index (κ3) is 58.9. The second-order valence-electron chi connectivity index (χ2n) is 25.7. The Bertz CT molecular complexity index is 2040. The van der Waals surface area contributed by atoms with E-state index >= 15 is 0 Å². The molecule has 0 aromatic heterocycles. The van der Waals surface area contributed by atoms with Crippen LogP contribution in [0.2, 0.25) is 0 Å². The molecule has 7 atom stereocenters. The lowest BCUT2D eigenvalue weighted by Crippen LogP contribution is -2.60. The normalized spacial score (nSPS) is 18.5. The predicted molar refractivity (Wildman–Crippen MR) is 400 cm³/mol. The van der Waals surface area contributed by atoms with Crippen LogP contribution in [0.4, 0.5) is 0 Å². The van der Waals surface area contributed by atoms with Crippen molar-refractivity contribution >= 4 is 5.91 Å². The van der Waals surface area contributed by atoms with Crippen LogP contribution in [0.5, 0.6) is 0 Å². The zero-order chi connectivity index (χ0) is 67.1. The highest BCUT2D eigenvalue weighted by atomic mass is 16.7. The predicted octanol–water partition coefficient (Wildman–Crippen LogP) is 21.9. The Morgan fingerprint density at radius 2 is 0.677 bits per heavy atom. The van der Waals surface area contributed by atoms with Gasteiger partial charge in [-0.25, -0.2) is 0 Å². The van der Waals surface area contributed by atoms with E-state index in [0.717, 1.165) is 141 Å². The number of ether oxygens (including phenoxy) is 2. The van der Waals surface area contributed by atoms with E-state index < -0.39 is 49.5 Å². The minimum atomic E-state index is -1.59. The summed E-state index contributed by atoms with van der Waals surface area (Å²) in [6.07, 6.45) is 104. The number of nitrogens with one attached hydrogen (secondary N) is 1. The van der Waals surface area contributed by atoms with Gasteiger partial charge in [0.05, 0.1) is 25.4 Å². The summed E-state index contributed by atoms with van der Waals surface area (Å²) in [5, 5.41) is 54.8. The summed E-state index contributed by atoms with van der Waals surface area (Å²) in [5.41, 5.74) is 0. The molecule has 530 valence electrons. The van der Waals surface area contributed by atoms with E-state index in [1.54, 1.807) is 6.08 Å². The maximum Gasteiger partial charge on any atom is 0.220 e. The number of amides is 1. The molecule has 1 amide bonds. The number of carbonyl (C=O) groups is 1. The quantitative estimate of drug-likeness (QED) is 0.0261. The van der Waals surface area contributed by atoms with Gasteiger partial charge in [-0.1, -0.05) is 339 Å². The van der Waals surface area contributed by atoms with E-state index in [9.17, 15) is 30.3 Å². The van der Waals surface area contributed by atoms with Crippen LogP contribution >= 0.6 is 0 Å². The Morgan fingerprint density at radius 3 is 1.03 bits per heavy atom. The molecule has 1 aliphatic heterocycles. The summed E-state index contributed by atoms with van der Waals surface area (Å²) in [7, 11) is 0. The van der Waals surface area contributed by atoms with Crippen molar-refractivity contribution < 1.29 is 39.8 Å². The highest BCUT2D eigenvalue weighted by Crippen LogP contribution is 2.23. The average Bonchev–Trinajstić information content (AvgIpc) is 1.01. The summed E-state index contributed by atoms with van der Waals surface area (Å²) in [6, 6.07) is -0.851. The van der Waals surface area contributed by atoms with Crippen LogP contribution in [0.15, 0.2) is 158 Å². The van der Waals surface area contributed by atoms with E-state index in [0.29, 0.717) is 6.42 Å². The Kier molecular flexibility index (Phi) is 65.9. The van der Waals surface area contributed by atoms with Crippen LogP contribution < -0.4 is 5.32 Å². The lowest BCUT2D eigenvalue weighted by atomic mass is 9.99. The van der Waals surface area contributed by atoms with Crippen LogP contribution in [-0.4, -0.2) is 87.5 Å². The first-order chi connectivity index (χ1) is 45.8. The molecule has 0 aliphatic carbocycles. The van der Waals surface area contributed by atoms with Gasteiger partial charge in [0.25, 0.3) is 0 Å². The van der Waals surface area contributed by atoms with Crippen LogP contribution in [0.25, 0.3) is 0 Å². The highest BCUT2D eigenvalue weighted by Gasteiger charge is 2.44. The molecular weight excluding hydrogens is 1150 g/mol. The molecule has 7 unspecified atom stereocenters. The Labute approximate surface area is 571 Å². The molecular formula is C84H141NO8. The molecule has 1 saturated heterocycles. The van der Waals surface area contributed by atoms with Crippen molar-refractivity contribution in [1.82, 2.24) is 5.32 Å². The van der Waals surface area contributed by atoms with Gasteiger partial charge >= 0.3 is 0 Å². The van der Waals surface area contributed by atoms with E-state index in [1.807, 2.05) is 6.08 Å². The third-order valence-electron chi connectivity index (χ3n) is 17.1. The molecule has 1 rings (SSSR count). The van der Waals surface area contributed by atoms with Crippen molar-refractivity contribution in [1.29, 1.82) is 0 Å². The number of hydrogen-bond acceptors (Lipinski definition) is 8. The SMILES string of the molecule is CC/C=C\C/C=C\C/C=C\C/C=C\C/C=C\C/C=C\C/C=C\C/C=C\C/C=C\C/C=C\CCCCCCCCC(=O)NC(COC1OC(CO)C(O)C(O)C1O)C(O)/C=C/CC/C=C/CC/C=C/CCCCCCCCCCCCCCCCCCCCCCCCC. The number of unbranched alkanes of at least 4 members (excludes halogenated alkanes) is 31. The molecule has 9 heteroatoms. The molecule has 0 spiro atoms. The van der Waals surface area contributed by atoms with Crippen LogP contribution in [0.1, 0.15) is 309 Å². The molecule has 0 radical (unpaired) electrons. The molecule has 0 aromatic rings. The van der Waals surface area contributed by atoms with E-state index in [2.05, 4.69) is 165 Å². The largest absolute Gasteiger partial charge is 0.394 e. The van der Waals surface area contributed by atoms with Crippen LogP contribution in [0, 0.1) is 0 Å². The molecule has 6 N–H and O–H groups in total. The van der Waals surface area contributed by atoms with E-state index in [-0.39, 0.29) is 12.5 Å². The highest BCUT2D eigenvalue weighted by molar-refractivity contribution is 5.76. The first-order valence-corrected chi connectivity index (χ1v) is 38.2. The molecule has 1 aliphatic rings. The number of aliphatic hydroxyl groups excluding tert-OH is 5.